The molecule has 4 nitrogen and oxygen atoms in total. The molecule has 1 heterocycles. The summed E-state index contributed by atoms with van der Waals surface area (Å²) in [5, 5.41) is 13.1. The molecule has 0 bridgehead atoms. The van der Waals surface area contributed by atoms with Gasteiger partial charge in [0.05, 0.1) is 11.0 Å². The van der Waals surface area contributed by atoms with Crippen molar-refractivity contribution in [2.45, 2.75) is 6.54 Å². The van der Waals surface area contributed by atoms with Gasteiger partial charge < -0.3 is 10.4 Å². The lowest BCUT2D eigenvalue weighted by Gasteiger charge is -2.09. The van der Waals surface area contributed by atoms with Crippen molar-refractivity contribution in [3.63, 3.8) is 0 Å². The highest BCUT2D eigenvalue weighted by Gasteiger charge is 2.03. The van der Waals surface area contributed by atoms with Crippen molar-refractivity contribution in [1.29, 1.82) is 0 Å². The molecule has 0 aliphatic rings. The van der Waals surface area contributed by atoms with Crippen LogP contribution in [0.1, 0.15) is 5.56 Å². The lowest BCUT2D eigenvalue weighted by molar-refractivity contribution is 0.469. The number of aromatic hydroxyl groups is 1. The number of hydrogen-bond donors (Lipinski definition) is 2. The minimum absolute atomic E-state index is 0.279. The van der Waals surface area contributed by atoms with Crippen molar-refractivity contribution in [2.75, 3.05) is 5.32 Å². The van der Waals surface area contributed by atoms with Gasteiger partial charge in [-0.15, -0.1) is 0 Å². The Morgan fingerprint density at radius 3 is 2.65 bits per heavy atom. The van der Waals surface area contributed by atoms with Crippen molar-refractivity contribution >= 4 is 32.7 Å². The van der Waals surface area contributed by atoms with Crippen LogP contribution in [0.4, 0.5) is 5.69 Å². The molecule has 3 aromatic rings. The van der Waals surface area contributed by atoms with Gasteiger partial charge in [0.2, 0.25) is 0 Å². The van der Waals surface area contributed by atoms with E-state index in [2.05, 4.69) is 31.2 Å². The summed E-state index contributed by atoms with van der Waals surface area (Å²) >= 11 is 3.40. The predicted molar refractivity (Wildman–Crippen MR) is 82.7 cm³/mol. The highest BCUT2D eigenvalue weighted by Crippen LogP contribution is 2.23. The van der Waals surface area contributed by atoms with Crippen LogP contribution in [0.3, 0.4) is 0 Å². The number of halogens is 1. The molecule has 2 N–H and O–H groups in total. The summed E-state index contributed by atoms with van der Waals surface area (Å²) in [6, 6.07) is 11.2. The van der Waals surface area contributed by atoms with Gasteiger partial charge in [-0.1, -0.05) is 15.9 Å². The van der Waals surface area contributed by atoms with Gasteiger partial charge >= 0.3 is 0 Å². The zero-order valence-electron chi connectivity index (χ0n) is 10.5. The number of rotatable bonds is 3. The van der Waals surface area contributed by atoms with E-state index in [-0.39, 0.29) is 5.75 Å². The number of nitrogens with one attached hydrogen (secondary N) is 1. The summed E-state index contributed by atoms with van der Waals surface area (Å²) in [4.78, 5) is 8.50. The highest BCUT2D eigenvalue weighted by atomic mass is 79.9. The molecule has 0 saturated carbocycles. The van der Waals surface area contributed by atoms with Crippen molar-refractivity contribution in [2.24, 2.45) is 0 Å². The second kappa shape index (κ2) is 5.46. The number of anilines is 1. The Morgan fingerprint density at radius 2 is 1.80 bits per heavy atom. The smallest absolute Gasteiger partial charge is 0.120 e. The summed E-state index contributed by atoms with van der Waals surface area (Å²) in [5.41, 5.74) is 3.48. The fraction of sp³-hybridized carbons (Fsp3) is 0.0667. The van der Waals surface area contributed by atoms with Crippen LogP contribution in [-0.2, 0) is 6.54 Å². The normalized spacial score (nSPS) is 10.7. The predicted octanol–water partition coefficient (Wildman–Crippen LogP) is 3.71. The second-order valence-electron chi connectivity index (χ2n) is 4.39. The third-order valence-corrected chi connectivity index (χ3v) is 3.49. The fourth-order valence-electron chi connectivity index (χ4n) is 1.97. The Hall–Kier alpha value is -2.14. The quantitative estimate of drug-likeness (QED) is 0.769. The van der Waals surface area contributed by atoms with E-state index in [9.17, 15) is 5.11 Å². The van der Waals surface area contributed by atoms with E-state index in [1.165, 1.54) is 0 Å². The molecule has 5 heteroatoms. The van der Waals surface area contributed by atoms with E-state index >= 15 is 0 Å². The molecule has 0 saturated heterocycles. The van der Waals surface area contributed by atoms with Crippen LogP contribution >= 0.6 is 15.9 Å². The van der Waals surface area contributed by atoms with E-state index in [1.807, 2.05) is 30.3 Å². The molecule has 1 aromatic heterocycles. The van der Waals surface area contributed by atoms with Gasteiger partial charge in [-0.3, -0.25) is 9.97 Å². The molecule has 20 heavy (non-hydrogen) atoms. The molecule has 0 spiro atoms. The van der Waals surface area contributed by atoms with Crippen LogP contribution in [0.2, 0.25) is 0 Å². The number of phenolic OH excluding ortho intramolecular Hbond substituents is 1. The van der Waals surface area contributed by atoms with Crippen LogP contribution in [0.25, 0.3) is 11.0 Å². The van der Waals surface area contributed by atoms with Crippen LogP contribution in [0.5, 0.6) is 5.75 Å². The SMILES string of the molecule is Oc1ccc(Br)cc1CNc1ccc2nccnc2c1. The molecule has 0 fully saturated rings. The van der Waals surface area contributed by atoms with Gasteiger partial charge in [0.15, 0.2) is 0 Å². The standard InChI is InChI=1S/C15H12BrN3O/c16-11-1-4-15(20)10(7-11)9-19-12-2-3-13-14(8-12)18-6-5-17-13/h1-8,19-20H,9H2. The van der Waals surface area contributed by atoms with Crippen molar-refractivity contribution in [3.05, 3.63) is 58.8 Å². The van der Waals surface area contributed by atoms with Crippen LogP contribution in [0.15, 0.2) is 53.3 Å². The fourth-order valence-corrected chi connectivity index (χ4v) is 2.37. The van der Waals surface area contributed by atoms with Gasteiger partial charge in [-0.2, -0.15) is 0 Å². The number of hydrogen-bond acceptors (Lipinski definition) is 4. The van der Waals surface area contributed by atoms with Gasteiger partial charge in [-0.25, -0.2) is 0 Å². The zero-order chi connectivity index (χ0) is 13.9. The van der Waals surface area contributed by atoms with Crippen LogP contribution in [0, 0.1) is 0 Å². The van der Waals surface area contributed by atoms with E-state index in [0.29, 0.717) is 6.54 Å². The summed E-state index contributed by atoms with van der Waals surface area (Å²) in [5.74, 6) is 0.279. The van der Waals surface area contributed by atoms with Crippen molar-refractivity contribution in [1.82, 2.24) is 9.97 Å². The Kier molecular flexibility index (Phi) is 3.52. The molecular weight excluding hydrogens is 318 g/mol. The highest BCUT2D eigenvalue weighted by molar-refractivity contribution is 9.10. The van der Waals surface area contributed by atoms with E-state index < -0.39 is 0 Å². The molecule has 0 aliphatic carbocycles. The Balaban J connectivity index is 1.81. The second-order valence-corrected chi connectivity index (χ2v) is 5.30. The minimum atomic E-state index is 0.279. The van der Waals surface area contributed by atoms with Gasteiger partial charge in [0, 0.05) is 34.7 Å². The van der Waals surface area contributed by atoms with E-state index in [1.54, 1.807) is 18.5 Å². The lowest BCUT2D eigenvalue weighted by Crippen LogP contribution is -2.00. The van der Waals surface area contributed by atoms with Crippen LogP contribution < -0.4 is 5.32 Å². The number of aromatic nitrogens is 2. The van der Waals surface area contributed by atoms with E-state index in [4.69, 9.17) is 0 Å². The average Bonchev–Trinajstić information content (AvgIpc) is 2.48. The molecule has 0 atom stereocenters. The number of fused-ring (bicyclic) bond motifs is 1. The van der Waals surface area contributed by atoms with E-state index in [0.717, 1.165) is 26.8 Å². The van der Waals surface area contributed by atoms with Gasteiger partial charge in [-0.05, 0) is 36.4 Å². The third-order valence-electron chi connectivity index (χ3n) is 2.99. The topological polar surface area (TPSA) is 58.0 Å². The van der Waals surface area contributed by atoms with Crippen molar-refractivity contribution in [3.8, 4) is 5.75 Å². The summed E-state index contributed by atoms with van der Waals surface area (Å²) in [6.45, 7) is 0.539. The van der Waals surface area contributed by atoms with Crippen LogP contribution in [-0.4, -0.2) is 15.1 Å². The maximum absolute atomic E-state index is 9.80. The zero-order valence-corrected chi connectivity index (χ0v) is 12.1. The molecule has 0 amide bonds. The number of phenols is 1. The first kappa shape index (κ1) is 12.9. The molecular formula is C15H12BrN3O. The number of nitrogens with zero attached hydrogens (tertiary/aromatic N) is 2. The monoisotopic (exact) mass is 329 g/mol. The maximum Gasteiger partial charge on any atom is 0.120 e. The summed E-state index contributed by atoms with van der Waals surface area (Å²) in [7, 11) is 0. The number of benzene rings is 2. The molecule has 2 aromatic carbocycles. The third kappa shape index (κ3) is 2.72. The summed E-state index contributed by atoms with van der Waals surface area (Å²) in [6.07, 6.45) is 3.35. The Labute approximate surface area is 124 Å². The van der Waals surface area contributed by atoms with Crippen molar-refractivity contribution < 1.29 is 5.11 Å². The first-order valence-corrected chi connectivity index (χ1v) is 6.94. The molecule has 100 valence electrons. The maximum atomic E-state index is 9.80. The summed E-state index contributed by atoms with van der Waals surface area (Å²) < 4.78 is 0.941. The largest absolute Gasteiger partial charge is 0.508 e. The lowest BCUT2D eigenvalue weighted by atomic mass is 10.2. The molecule has 3 rings (SSSR count). The minimum Gasteiger partial charge on any atom is -0.508 e. The first-order valence-electron chi connectivity index (χ1n) is 6.14. The first-order chi connectivity index (χ1) is 9.72. The average molecular weight is 330 g/mol. The van der Waals surface area contributed by atoms with Gasteiger partial charge in [0.1, 0.15) is 5.75 Å². The molecule has 0 aliphatic heterocycles. The molecule has 0 unspecified atom stereocenters. The molecule has 0 radical (unpaired) electrons. The Bertz CT molecular complexity index is 761. The Morgan fingerprint density at radius 1 is 1.00 bits per heavy atom. The van der Waals surface area contributed by atoms with Gasteiger partial charge in [0.25, 0.3) is 0 Å².